The Hall–Kier alpha value is -1.95. The molecule has 0 bridgehead atoms. The number of piperidine rings is 1. The minimum absolute atomic E-state index is 0.177. The number of nitrogens with zero attached hydrogens (tertiary/aromatic N) is 3. The van der Waals surface area contributed by atoms with E-state index < -0.39 is 0 Å². The second-order valence-corrected chi connectivity index (χ2v) is 6.56. The highest BCUT2D eigenvalue weighted by atomic mass is 32.2. The summed E-state index contributed by atoms with van der Waals surface area (Å²) in [5, 5.41) is 0.876. The van der Waals surface area contributed by atoms with Crippen LogP contribution in [-0.2, 0) is 11.8 Å². The molecule has 6 heteroatoms. The van der Waals surface area contributed by atoms with Crippen LogP contribution in [0.4, 0.5) is 0 Å². The van der Waals surface area contributed by atoms with Gasteiger partial charge in [0, 0.05) is 45.4 Å². The lowest BCUT2D eigenvalue weighted by molar-refractivity contribution is -0.130. The van der Waals surface area contributed by atoms with Crippen molar-refractivity contribution in [3.05, 3.63) is 42.7 Å². The van der Waals surface area contributed by atoms with E-state index in [-0.39, 0.29) is 12.0 Å². The first-order valence-corrected chi connectivity index (χ1v) is 8.80. The van der Waals surface area contributed by atoms with Crippen molar-refractivity contribution in [3.63, 3.8) is 0 Å². The lowest BCUT2D eigenvalue weighted by atomic mass is 10.1. The summed E-state index contributed by atoms with van der Waals surface area (Å²) in [5.74, 6) is 1.52. The van der Waals surface area contributed by atoms with Gasteiger partial charge in [-0.25, -0.2) is 4.98 Å². The molecular weight excluding hydrogens is 310 g/mol. The summed E-state index contributed by atoms with van der Waals surface area (Å²) in [4.78, 5) is 18.5. The largest absolute Gasteiger partial charge is 0.490 e. The van der Waals surface area contributed by atoms with Gasteiger partial charge in [-0.05, 0) is 12.1 Å². The Balaban J connectivity index is 1.43. The van der Waals surface area contributed by atoms with Gasteiger partial charge < -0.3 is 14.2 Å². The summed E-state index contributed by atoms with van der Waals surface area (Å²) in [6, 6.07) is 9.88. The maximum Gasteiger partial charge on any atom is 0.233 e. The molecule has 122 valence electrons. The highest BCUT2D eigenvalue weighted by Gasteiger charge is 2.24. The van der Waals surface area contributed by atoms with E-state index >= 15 is 0 Å². The number of hydrogen-bond acceptors (Lipinski definition) is 4. The van der Waals surface area contributed by atoms with Crippen LogP contribution in [-0.4, -0.2) is 45.3 Å². The number of likely N-dealkylation sites (tertiary alicyclic amines) is 1. The van der Waals surface area contributed by atoms with E-state index in [1.54, 1.807) is 6.20 Å². The van der Waals surface area contributed by atoms with Crippen molar-refractivity contribution >= 4 is 17.7 Å². The maximum atomic E-state index is 12.3. The number of ether oxygens (including phenoxy) is 1. The molecule has 1 aromatic heterocycles. The Kier molecular flexibility index (Phi) is 5.23. The molecule has 0 atom stereocenters. The molecule has 1 aliphatic rings. The Morgan fingerprint density at radius 2 is 2.04 bits per heavy atom. The first-order chi connectivity index (χ1) is 11.2. The smallest absolute Gasteiger partial charge is 0.233 e. The lowest BCUT2D eigenvalue weighted by Gasteiger charge is -2.32. The number of carbonyl (C=O) groups excluding carboxylic acids is 1. The highest BCUT2D eigenvalue weighted by Crippen LogP contribution is 2.20. The second-order valence-electron chi connectivity index (χ2n) is 5.62. The van der Waals surface area contributed by atoms with Gasteiger partial charge in [-0.3, -0.25) is 4.79 Å². The van der Waals surface area contributed by atoms with E-state index in [0.29, 0.717) is 5.75 Å². The van der Waals surface area contributed by atoms with Crippen molar-refractivity contribution < 1.29 is 9.53 Å². The Morgan fingerprint density at radius 1 is 1.30 bits per heavy atom. The lowest BCUT2D eigenvalue weighted by Crippen LogP contribution is -2.42. The van der Waals surface area contributed by atoms with Crippen molar-refractivity contribution in [2.24, 2.45) is 7.05 Å². The molecule has 0 saturated carbocycles. The zero-order valence-corrected chi connectivity index (χ0v) is 14.0. The predicted octanol–water partition coefficient (Wildman–Crippen LogP) is 2.58. The zero-order valence-electron chi connectivity index (χ0n) is 13.2. The molecule has 0 aliphatic carbocycles. The van der Waals surface area contributed by atoms with E-state index in [1.165, 1.54) is 11.8 Å². The van der Waals surface area contributed by atoms with E-state index in [4.69, 9.17) is 4.74 Å². The minimum Gasteiger partial charge on any atom is -0.490 e. The van der Waals surface area contributed by atoms with Crippen LogP contribution < -0.4 is 4.74 Å². The summed E-state index contributed by atoms with van der Waals surface area (Å²) in [7, 11) is 1.94. The van der Waals surface area contributed by atoms with E-state index in [0.717, 1.165) is 36.8 Å². The van der Waals surface area contributed by atoms with Crippen LogP contribution in [0.5, 0.6) is 5.75 Å². The number of hydrogen-bond donors (Lipinski definition) is 0. The zero-order chi connectivity index (χ0) is 16.1. The fourth-order valence-corrected chi connectivity index (χ4v) is 3.46. The monoisotopic (exact) mass is 331 g/mol. The molecule has 0 N–H and O–H groups in total. The van der Waals surface area contributed by atoms with Gasteiger partial charge in [0.15, 0.2) is 5.16 Å². The summed E-state index contributed by atoms with van der Waals surface area (Å²) in [6.45, 7) is 1.52. The van der Waals surface area contributed by atoms with E-state index in [2.05, 4.69) is 4.98 Å². The quantitative estimate of drug-likeness (QED) is 0.790. The SMILES string of the molecule is Cn1ccnc1SCC(=O)N1CCC(Oc2ccccc2)CC1. The Labute approximate surface area is 140 Å². The van der Waals surface area contributed by atoms with Crippen LogP contribution in [0.1, 0.15) is 12.8 Å². The van der Waals surface area contributed by atoms with Crippen LogP contribution in [0.15, 0.2) is 47.9 Å². The number of aryl methyl sites for hydroxylation is 1. The number of carbonyl (C=O) groups is 1. The molecule has 1 saturated heterocycles. The molecule has 2 aromatic rings. The third-order valence-electron chi connectivity index (χ3n) is 3.94. The fourth-order valence-electron chi connectivity index (χ4n) is 2.62. The first-order valence-electron chi connectivity index (χ1n) is 7.82. The molecule has 23 heavy (non-hydrogen) atoms. The minimum atomic E-state index is 0.177. The van der Waals surface area contributed by atoms with Gasteiger partial charge in [0.2, 0.25) is 5.91 Å². The van der Waals surface area contributed by atoms with Gasteiger partial charge in [-0.15, -0.1) is 0 Å². The van der Waals surface area contributed by atoms with Crippen molar-refractivity contribution in [2.45, 2.75) is 24.1 Å². The number of rotatable bonds is 5. The Morgan fingerprint density at radius 3 is 2.70 bits per heavy atom. The fraction of sp³-hybridized carbons (Fsp3) is 0.412. The number of amides is 1. The molecule has 1 aromatic carbocycles. The number of aromatic nitrogens is 2. The molecule has 5 nitrogen and oxygen atoms in total. The molecule has 1 amide bonds. The highest BCUT2D eigenvalue weighted by molar-refractivity contribution is 7.99. The topological polar surface area (TPSA) is 47.4 Å². The molecule has 1 aliphatic heterocycles. The van der Waals surface area contributed by atoms with Crippen LogP contribution in [0.25, 0.3) is 0 Å². The number of thioether (sulfide) groups is 1. The predicted molar refractivity (Wildman–Crippen MR) is 90.6 cm³/mol. The molecule has 0 unspecified atom stereocenters. The normalized spacial score (nSPS) is 15.6. The molecule has 2 heterocycles. The first kappa shape index (κ1) is 15.9. The van der Waals surface area contributed by atoms with Crippen LogP contribution in [0, 0.1) is 0 Å². The van der Waals surface area contributed by atoms with Crippen molar-refractivity contribution in [2.75, 3.05) is 18.8 Å². The molecular formula is C17H21N3O2S. The third-order valence-corrected chi connectivity index (χ3v) is 4.99. The summed E-state index contributed by atoms with van der Waals surface area (Å²) >= 11 is 1.49. The summed E-state index contributed by atoms with van der Waals surface area (Å²) < 4.78 is 7.89. The third kappa shape index (κ3) is 4.28. The van der Waals surface area contributed by atoms with Crippen molar-refractivity contribution in [3.8, 4) is 5.75 Å². The molecule has 0 spiro atoms. The van der Waals surface area contributed by atoms with Crippen molar-refractivity contribution in [1.29, 1.82) is 0 Å². The van der Waals surface area contributed by atoms with E-state index in [1.807, 2.05) is 53.0 Å². The second kappa shape index (κ2) is 7.55. The van der Waals surface area contributed by atoms with Gasteiger partial charge in [0.1, 0.15) is 11.9 Å². The van der Waals surface area contributed by atoms with E-state index in [9.17, 15) is 4.79 Å². The van der Waals surface area contributed by atoms with Gasteiger partial charge in [0.05, 0.1) is 5.75 Å². The van der Waals surface area contributed by atoms with Gasteiger partial charge in [-0.1, -0.05) is 30.0 Å². The summed E-state index contributed by atoms with van der Waals surface area (Å²) in [5.41, 5.74) is 0. The van der Waals surface area contributed by atoms with Crippen LogP contribution >= 0.6 is 11.8 Å². The van der Waals surface area contributed by atoms with Gasteiger partial charge in [-0.2, -0.15) is 0 Å². The number of imidazole rings is 1. The maximum absolute atomic E-state index is 12.3. The molecule has 0 radical (unpaired) electrons. The average molecular weight is 331 g/mol. The summed E-state index contributed by atoms with van der Waals surface area (Å²) in [6.07, 6.45) is 5.60. The van der Waals surface area contributed by atoms with Gasteiger partial charge >= 0.3 is 0 Å². The standard InChI is InChI=1S/C17H21N3O2S/c1-19-12-9-18-17(19)23-13-16(21)20-10-7-15(8-11-20)22-14-5-3-2-4-6-14/h2-6,9,12,15H,7-8,10-11,13H2,1H3. The van der Waals surface area contributed by atoms with Crippen molar-refractivity contribution in [1.82, 2.24) is 14.5 Å². The van der Waals surface area contributed by atoms with Gasteiger partial charge in [0.25, 0.3) is 0 Å². The Bertz CT molecular complexity index is 636. The average Bonchev–Trinajstić information content (AvgIpc) is 2.99. The molecule has 3 rings (SSSR count). The van der Waals surface area contributed by atoms with Crippen LogP contribution in [0.3, 0.4) is 0 Å². The number of benzene rings is 1. The number of para-hydroxylation sites is 1. The van der Waals surface area contributed by atoms with Crippen LogP contribution in [0.2, 0.25) is 0 Å². The molecule has 1 fully saturated rings.